The first-order chi connectivity index (χ1) is 5.54. The molecule has 0 saturated heterocycles. The SMILES string of the molecule is CCCOCC(C)(O)C(C)CC. The maximum absolute atomic E-state index is 9.88. The maximum atomic E-state index is 9.88. The van der Waals surface area contributed by atoms with Crippen molar-refractivity contribution >= 4 is 0 Å². The third-order valence-corrected chi connectivity index (χ3v) is 2.42. The van der Waals surface area contributed by atoms with Crippen LogP contribution in [0.3, 0.4) is 0 Å². The van der Waals surface area contributed by atoms with E-state index in [1.807, 2.05) is 6.92 Å². The Morgan fingerprint density at radius 1 is 1.42 bits per heavy atom. The quantitative estimate of drug-likeness (QED) is 0.626. The molecule has 74 valence electrons. The maximum Gasteiger partial charge on any atom is 0.0877 e. The van der Waals surface area contributed by atoms with E-state index < -0.39 is 5.60 Å². The molecule has 0 aliphatic rings. The van der Waals surface area contributed by atoms with Crippen molar-refractivity contribution in [3.8, 4) is 0 Å². The second-order valence-corrected chi connectivity index (χ2v) is 3.72. The minimum atomic E-state index is -0.663. The zero-order chi connectivity index (χ0) is 9.61. The average Bonchev–Trinajstić information content (AvgIpc) is 2.03. The molecule has 2 unspecified atom stereocenters. The van der Waals surface area contributed by atoms with Crippen molar-refractivity contribution in [1.29, 1.82) is 0 Å². The Morgan fingerprint density at radius 3 is 2.42 bits per heavy atom. The molecular formula is C10H22O2. The molecule has 0 heterocycles. The lowest BCUT2D eigenvalue weighted by Crippen LogP contribution is -2.37. The number of rotatable bonds is 6. The third-order valence-electron chi connectivity index (χ3n) is 2.42. The summed E-state index contributed by atoms with van der Waals surface area (Å²) in [6, 6.07) is 0. The molecule has 0 aromatic carbocycles. The van der Waals surface area contributed by atoms with Gasteiger partial charge in [-0.05, 0) is 19.3 Å². The molecule has 2 heteroatoms. The Morgan fingerprint density at radius 2 is 2.00 bits per heavy atom. The Hall–Kier alpha value is -0.0800. The van der Waals surface area contributed by atoms with Crippen LogP contribution in [0.4, 0.5) is 0 Å². The van der Waals surface area contributed by atoms with Crippen molar-refractivity contribution in [3.63, 3.8) is 0 Å². The summed E-state index contributed by atoms with van der Waals surface area (Å²) in [6.07, 6.45) is 2.00. The minimum Gasteiger partial charge on any atom is -0.387 e. The summed E-state index contributed by atoms with van der Waals surface area (Å²) in [5.74, 6) is 0.300. The highest BCUT2D eigenvalue weighted by Gasteiger charge is 2.26. The van der Waals surface area contributed by atoms with Crippen molar-refractivity contribution in [2.24, 2.45) is 5.92 Å². The second kappa shape index (κ2) is 5.55. The molecule has 2 nitrogen and oxygen atoms in total. The molecule has 0 aromatic rings. The summed E-state index contributed by atoms with van der Waals surface area (Å²) >= 11 is 0. The van der Waals surface area contributed by atoms with E-state index in [1.165, 1.54) is 0 Å². The van der Waals surface area contributed by atoms with Crippen LogP contribution in [0.25, 0.3) is 0 Å². The second-order valence-electron chi connectivity index (χ2n) is 3.72. The number of hydrogen-bond acceptors (Lipinski definition) is 2. The molecule has 1 N–H and O–H groups in total. The van der Waals surface area contributed by atoms with Gasteiger partial charge in [-0.15, -0.1) is 0 Å². The molecular weight excluding hydrogens is 152 g/mol. The summed E-state index contributed by atoms with van der Waals surface area (Å²) in [4.78, 5) is 0. The Balaban J connectivity index is 3.70. The van der Waals surface area contributed by atoms with E-state index in [-0.39, 0.29) is 0 Å². The first-order valence-electron chi connectivity index (χ1n) is 4.84. The predicted octanol–water partition coefficient (Wildman–Crippen LogP) is 2.21. The lowest BCUT2D eigenvalue weighted by atomic mass is 9.89. The summed E-state index contributed by atoms with van der Waals surface area (Å²) in [7, 11) is 0. The molecule has 0 rings (SSSR count). The number of hydrogen-bond donors (Lipinski definition) is 1. The Bertz CT molecular complexity index is 110. The van der Waals surface area contributed by atoms with Crippen molar-refractivity contribution in [2.75, 3.05) is 13.2 Å². The van der Waals surface area contributed by atoms with Crippen molar-refractivity contribution in [2.45, 2.75) is 46.1 Å². The molecule has 0 aliphatic carbocycles. The lowest BCUT2D eigenvalue weighted by Gasteiger charge is -2.29. The van der Waals surface area contributed by atoms with Crippen molar-refractivity contribution in [1.82, 2.24) is 0 Å². The Kier molecular flexibility index (Phi) is 5.51. The highest BCUT2D eigenvalue weighted by atomic mass is 16.5. The minimum absolute atomic E-state index is 0.300. The highest BCUT2D eigenvalue weighted by Crippen LogP contribution is 2.19. The van der Waals surface area contributed by atoms with Crippen LogP contribution < -0.4 is 0 Å². The molecule has 0 fully saturated rings. The molecule has 0 amide bonds. The van der Waals surface area contributed by atoms with E-state index in [2.05, 4.69) is 20.8 Å². The molecule has 0 radical (unpaired) electrons. The van der Waals surface area contributed by atoms with Crippen molar-refractivity contribution < 1.29 is 9.84 Å². The average molecular weight is 174 g/mol. The first kappa shape index (κ1) is 11.9. The standard InChI is InChI=1S/C10H22O2/c1-5-7-12-8-10(4,11)9(3)6-2/h9,11H,5-8H2,1-4H3. The van der Waals surface area contributed by atoms with Gasteiger partial charge in [-0.25, -0.2) is 0 Å². The molecule has 2 atom stereocenters. The van der Waals surface area contributed by atoms with E-state index in [0.29, 0.717) is 12.5 Å². The zero-order valence-corrected chi connectivity index (χ0v) is 8.76. The van der Waals surface area contributed by atoms with Gasteiger partial charge in [0.2, 0.25) is 0 Å². The van der Waals surface area contributed by atoms with Crippen LogP contribution in [0.2, 0.25) is 0 Å². The topological polar surface area (TPSA) is 29.5 Å². The molecule has 0 aliphatic heterocycles. The molecule has 0 bridgehead atoms. The van der Waals surface area contributed by atoms with Gasteiger partial charge in [0.05, 0.1) is 12.2 Å². The molecule has 0 saturated carbocycles. The van der Waals surface area contributed by atoms with Gasteiger partial charge < -0.3 is 9.84 Å². The van der Waals surface area contributed by atoms with Gasteiger partial charge >= 0.3 is 0 Å². The van der Waals surface area contributed by atoms with Gasteiger partial charge in [-0.1, -0.05) is 27.2 Å². The van der Waals surface area contributed by atoms with Crippen molar-refractivity contribution in [3.05, 3.63) is 0 Å². The van der Waals surface area contributed by atoms with Crippen LogP contribution in [0.1, 0.15) is 40.5 Å². The van der Waals surface area contributed by atoms with Crippen LogP contribution in [-0.4, -0.2) is 23.9 Å². The van der Waals surface area contributed by atoms with Gasteiger partial charge in [0.25, 0.3) is 0 Å². The fraction of sp³-hybridized carbons (Fsp3) is 1.00. The van der Waals surface area contributed by atoms with Gasteiger partial charge in [-0.2, -0.15) is 0 Å². The lowest BCUT2D eigenvalue weighted by molar-refractivity contribution is -0.0682. The molecule has 0 spiro atoms. The molecule has 0 aromatic heterocycles. The summed E-state index contributed by atoms with van der Waals surface area (Å²) in [5, 5.41) is 9.88. The summed E-state index contributed by atoms with van der Waals surface area (Å²) < 4.78 is 5.32. The first-order valence-corrected chi connectivity index (χ1v) is 4.84. The van der Waals surface area contributed by atoms with Crippen LogP contribution in [-0.2, 0) is 4.74 Å². The van der Waals surface area contributed by atoms with E-state index in [1.54, 1.807) is 0 Å². The summed E-state index contributed by atoms with van der Waals surface area (Å²) in [5.41, 5.74) is -0.663. The Labute approximate surface area is 75.9 Å². The highest BCUT2D eigenvalue weighted by molar-refractivity contribution is 4.77. The van der Waals surface area contributed by atoms with Gasteiger partial charge in [-0.3, -0.25) is 0 Å². The van der Waals surface area contributed by atoms with Gasteiger partial charge in [0.15, 0.2) is 0 Å². The normalized spacial score (nSPS) is 18.8. The van der Waals surface area contributed by atoms with Crippen LogP contribution >= 0.6 is 0 Å². The van der Waals surface area contributed by atoms with E-state index in [4.69, 9.17) is 4.74 Å². The van der Waals surface area contributed by atoms with Gasteiger partial charge in [0.1, 0.15) is 0 Å². The van der Waals surface area contributed by atoms with Crippen LogP contribution in [0.15, 0.2) is 0 Å². The van der Waals surface area contributed by atoms with E-state index in [9.17, 15) is 5.11 Å². The number of ether oxygens (including phenoxy) is 1. The van der Waals surface area contributed by atoms with Crippen LogP contribution in [0, 0.1) is 5.92 Å². The van der Waals surface area contributed by atoms with E-state index in [0.717, 1.165) is 19.4 Å². The molecule has 12 heavy (non-hydrogen) atoms. The van der Waals surface area contributed by atoms with Gasteiger partial charge in [0, 0.05) is 6.61 Å². The largest absolute Gasteiger partial charge is 0.387 e. The predicted molar refractivity (Wildman–Crippen MR) is 51.2 cm³/mol. The monoisotopic (exact) mass is 174 g/mol. The zero-order valence-electron chi connectivity index (χ0n) is 8.76. The smallest absolute Gasteiger partial charge is 0.0877 e. The summed E-state index contributed by atoms with van der Waals surface area (Å²) in [6.45, 7) is 9.24. The fourth-order valence-corrected chi connectivity index (χ4v) is 1.01. The van der Waals surface area contributed by atoms with Crippen LogP contribution in [0.5, 0.6) is 0 Å². The van der Waals surface area contributed by atoms with E-state index >= 15 is 0 Å². The number of aliphatic hydroxyl groups is 1. The third kappa shape index (κ3) is 4.07. The fourth-order valence-electron chi connectivity index (χ4n) is 1.01.